The molecule has 3 aromatic rings. The molecular weight excluding hydrogens is 374 g/mol. The van der Waals surface area contributed by atoms with Gasteiger partial charge in [0, 0.05) is 11.7 Å². The van der Waals surface area contributed by atoms with Crippen molar-refractivity contribution in [1.29, 1.82) is 0 Å². The molecule has 1 amide bonds. The number of carbonyl (C=O) groups is 1. The molecule has 1 aliphatic carbocycles. The summed E-state index contributed by atoms with van der Waals surface area (Å²) in [5.74, 6) is 1.16. The van der Waals surface area contributed by atoms with Gasteiger partial charge in [0.1, 0.15) is 12.3 Å². The summed E-state index contributed by atoms with van der Waals surface area (Å²) in [5, 5.41) is 12.4. The summed E-state index contributed by atoms with van der Waals surface area (Å²) in [5.41, 5.74) is 0.968. The molecule has 1 fully saturated rings. The van der Waals surface area contributed by atoms with Gasteiger partial charge in [-0.3, -0.25) is 4.79 Å². The standard InChI is InChI=1S/C20H23N5O2S/c26-19(15-28-20-21-22-23-24(20)14-18-12-7-13-27-18)25(16-8-3-1-4-9-16)17-10-5-2-6-11-17/h1,3-4,7-9,12-13,17H,2,5-6,10-11,14-15H2. The number of hydrogen-bond acceptors (Lipinski definition) is 6. The Morgan fingerprint density at radius 1 is 1.14 bits per heavy atom. The number of benzene rings is 1. The van der Waals surface area contributed by atoms with Gasteiger partial charge in [0.05, 0.1) is 12.0 Å². The van der Waals surface area contributed by atoms with E-state index in [2.05, 4.69) is 15.5 Å². The first-order chi connectivity index (χ1) is 13.8. The fourth-order valence-corrected chi connectivity index (χ4v) is 4.37. The van der Waals surface area contributed by atoms with E-state index in [1.807, 2.05) is 47.4 Å². The fraction of sp³-hybridized carbons (Fsp3) is 0.400. The van der Waals surface area contributed by atoms with Crippen molar-refractivity contribution in [2.24, 2.45) is 0 Å². The van der Waals surface area contributed by atoms with Gasteiger partial charge in [-0.25, -0.2) is 4.68 Å². The number of tetrazole rings is 1. The molecule has 2 aromatic heterocycles. The monoisotopic (exact) mass is 397 g/mol. The van der Waals surface area contributed by atoms with Crippen molar-refractivity contribution < 1.29 is 9.21 Å². The molecule has 28 heavy (non-hydrogen) atoms. The van der Waals surface area contributed by atoms with Crippen molar-refractivity contribution in [3.05, 3.63) is 54.5 Å². The Bertz CT molecular complexity index is 875. The molecule has 0 saturated heterocycles. The first-order valence-corrected chi connectivity index (χ1v) is 10.6. The molecule has 0 radical (unpaired) electrons. The number of aromatic nitrogens is 4. The largest absolute Gasteiger partial charge is 0.467 e. The van der Waals surface area contributed by atoms with Crippen LogP contribution in [0.4, 0.5) is 5.69 Å². The second-order valence-electron chi connectivity index (χ2n) is 6.88. The Labute approximate surface area is 168 Å². The van der Waals surface area contributed by atoms with Gasteiger partial charge in [-0.2, -0.15) is 0 Å². The number of furan rings is 1. The van der Waals surface area contributed by atoms with E-state index in [1.54, 1.807) is 10.9 Å². The maximum atomic E-state index is 13.2. The van der Waals surface area contributed by atoms with Crippen LogP contribution >= 0.6 is 11.8 Å². The number of amides is 1. The smallest absolute Gasteiger partial charge is 0.237 e. The van der Waals surface area contributed by atoms with Crippen LogP contribution in [0.2, 0.25) is 0 Å². The minimum Gasteiger partial charge on any atom is -0.467 e. The van der Waals surface area contributed by atoms with Gasteiger partial charge in [0.2, 0.25) is 11.1 Å². The van der Waals surface area contributed by atoms with Crippen molar-refractivity contribution in [2.75, 3.05) is 10.7 Å². The van der Waals surface area contributed by atoms with Crippen molar-refractivity contribution in [3.8, 4) is 0 Å². The van der Waals surface area contributed by atoms with Crippen LogP contribution in [-0.2, 0) is 11.3 Å². The third-order valence-electron chi connectivity index (χ3n) is 4.95. The van der Waals surface area contributed by atoms with Crippen LogP contribution in [0.5, 0.6) is 0 Å². The Balaban J connectivity index is 1.45. The number of rotatable bonds is 7. The molecule has 2 heterocycles. The maximum absolute atomic E-state index is 13.2. The fourth-order valence-electron chi connectivity index (χ4n) is 3.63. The molecule has 4 rings (SSSR count). The zero-order chi connectivity index (χ0) is 19.2. The van der Waals surface area contributed by atoms with Gasteiger partial charge in [-0.15, -0.1) is 5.10 Å². The lowest BCUT2D eigenvalue weighted by atomic mass is 9.93. The Morgan fingerprint density at radius 2 is 1.96 bits per heavy atom. The predicted octanol–water partition coefficient (Wildman–Crippen LogP) is 3.77. The van der Waals surface area contributed by atoms with Crippen molar-refractivity contribution in [1.82, 2.24) is 20.2 Å². The summed E-state index contributed by atoms with van der Waals surface area (Å²) < 4.78 is 7.02. The molecule has 0 aliphatic heterocycles. The summed E-state index contributed by atoms with van der Waals surface area (Å²) in [4.78, 5) is 15.2. The molecule has 7 nitrogen and oxygen atoms in total. The quantitative estimate of drug-likeness (QED) is 0.565. The van der Waals surface area contributed by atoms with E-state index in [0.717, 1.165) is 24.3 Å². The van der Waals surface area contributed by atoms with E-state index >= 15 is 0 Å². The molecule has 0 spiro atoms. The minimum atomic E-state index is 0.0932. The first-order valence-electron chi connectivity index (χ1n) is 9.60. The highest BCUT2D eigenvalue weighted by atomic mass is 32.2. The van der Waals surface area contributed by atoms with E-state index in [4.69, 9.17) is 4.42 Å². The topological polar surface area (TPSA) is 77.0 Å². The number of thioether (sulfide) groups is 1. The maximum Gasteiger partial charge on any atom is 0.237 e. The van der Waals surface area contributed by atoms with Crippen LogP contribution in [0.1, 0.15) is 37.9 Å². The third kappa shape index (κ3) is 4.44. The van der Waals surface area contributed by atoms with Crippen LogP contribution in [0.25, 0.3) is 0 Å². The molecule has 1 aliphatic rings. The SMILES string of the molecule is O=C(CSc1nnnn1Cc1ccco1)N(c1ccccc1)C1CCCCC1. The Morgan fingerprint density at radius 3 is 2.71 bits per heavy atom. The van der Waals surface area contributed by atoms with Gasteiger partial charge in [0.25, 0.3) is 0 Å². The Kier molecular flexibility index (Phi) is 6.06. The van der Waals surface area contributed by atoms with Gasteiger partial charge < -0.3 is 9.32 Å². The predicted molar refractivity (Wildman–Crippen MR) is 107 cm³/mol. The first kappa shape index (κ1) is 18.7. The van der Waals surface area contributed by atoms with Crippen LogP contribution in [0.15, 0.2) is 58.3 Å². The lowest BCUT2D eigenvalue weighted by Gasteiger charge is -2.34. The lowest BCUT2D eigenvalue weighted by Crippen LogP contribution is -2.42. The molecule has 146 valence electrons. The third-order valence-corrected chi connectivity index (χ3v) is 5.89. The van der Waals surface area contributed by atoms with Crippen LogP contribution < -0.4 is 4.90 Å². The Hall–Kier alpha value is -2.61. The van der Waals surface area contributed by atoms with Crippen LogP contribution in [-0.4, -0.2) is 37.9 Å². The highest BCUT2D eigenvalue weighted by Gasteiger charge is 2.27. The summed E-state index contributed by atoms with van der Waals surface area (Å²) in [6.07, 6.45) is 7.34. The van der Waals surface area contributed by atoms with Gasteiger partial charge >= 0.3 is 0 Å². The van der Waals surface area contributed by atoms with Crippen molar-refractivity contribution in [2.45, 2.75) is 49.8 Å². The molecule has 8 heteroatoms. The van der Waals surface area contributed by atoms with Crippen molar-refractivity contribution in [3.63, 3.8) is 0 Å². The lowest BCUT2D eigenvalue weighted by molar-refractivity contribution is -0.116. The molecule has 0 atom stereocenters. The average Bonchev–Trinajstić information content (AvgIpc) is 3.41. The highest BCUT2D eigenvalue weighted by molar-refractivity contribution is 7.99. The van der Waals surface area contributed by atoms with E-state index < -0.39 is 0 Å². The number of nitrogens with zero attached hydrogens (tertiary/aromatic N) is 5. The molecule has 0 N–H and O–H groups in total. The summed E-state index contributed by atoms with van der Waals surface area (Å²) >= 11 is 1.36. The van der Waals surface area contributed by atoms with E-state index in [1.165, 1.54) is 31.0 Å². The zero-order valence-electron chi connectivity index (χ0n) is 15.6. The summed E-state index contributed by atoms with van der Waals surface area (Å²) in [6, 6.07) is 13.9. The van der Waals surface area contributed by atoms with E-state index in [9.17, 15) is 4.79 Å². The normalized spacial score (nSPS) is 14.9. The van der Waals surface area contributed by atoms with Gasteiger partial charge in [-0.05, 0) is 47.5 Å². The summed E-state index contributed by atoms with van der Waals surface area (Å²) in [6.45, 7) is 0.446. The number of anilines is 1. The van der Waals surface area contributed by atoms with Crippen LogP contribution in [0.3, 0.4) is 0 Å². The van der Waals surface area contributed by atoms with Crippen LogP contribution in [0, 0.1) is 0 Å². The molecular formula is C20H23N5O2S. The molecule has 1 aromatic carbocycles. The van der Waals surface area contributed by atoms with Gasteiger partial charge in [0.15, 0.2) is 0 Å². The van der Waals surface area contributed by atoms with E-state index in [-0.39, 0.29) is 11.9 Å². The number of para-hydroxylation sites is 1. The minimum absolute atomic E-state index is 0.0932. The second kappa shape index (κ2) is 9.05. The second-order valence-corrected chi connectivity index (χ2v) is 7.82. The number of hydrogen-bond donors (Lipinski definition) is 0. The molecule has 0 unspecified atom stereocenters. The summed E-state index contributed by atoms with van der Waals surface area (Å²) in [7, 11) is 0. The zero-order valence-corrected chi connectivity index (χ0v) is 16.4. The molecule has 1 saturated carbocycles. The molecule has 0 bridgehead atoms. The van der Waals surface area contributed by atoms with E-state index in [0.29, 0.717) is 17.5 Å². The average molecular weight is 398 g/mol. The highest BCUT2D eigenvalue weighted by Crippen LogP contribution is 2.28. The van der Waals surface area contributed by atoms with Gasteiger partial charge in [-0.1, -0.05) is 49.2 Å². The van der Waals surface area contributed by atoms with Crippen molar-refractivity contribution >= 4 is 23.4 Å². The number of carbonyl (C=O) groups excluding carboxylic acids is 1.